The molecule has 0 saturated heterocycles. The summed E-state index contributed by atoms with van der Waals surface area (Å²) in [6.45, 7) is 0.0550. The average molecular weight is 404 g/mol. The van der Waals surface area contributed by atoms with E-state index in [1.165, 1.54) is 18.1 Å². The molecule has 0 aliphatic rings. The summed E-state index contributed by atoms with van der Waals surface area (Å²) >= 11 is 5.84. The Hall–Kier alpha value is -2.99. The van der Waals surface area contributed by atoms with Gasteiger partial charge in [-0.25, -0.2) is 4.79 Å². The van der Waals surface area contributed by atoms with Gasteiger partial charge in [0.1, 0.15) is 11.5 Å². The highest BCUT2D eigenvalue weighted by Gasteiger charge is 2.12. The summed E-state index contributed by atoms with van der Waals surface area (Å²) in [6, 6.07) is 12.4. The SMILES string of the molecule is COc1ccc(/C=C/C(=O)OCC(=O)N(C)Cc2ccc(Cl)cc2)c(OC)c1. The van der Waals surface area contributed by atoms with E-state index >= 15 is 0 Å². The molecule has 148 valence electrons. The lowest BCUT2D eigenvalue weighted by atomic mass is 10.2. The molecule has 2 rings (SSSR count). The standard InChI is InChI=1S/C21H22ClNO5/c1-23(13-15-4-8-17(22)9-5-15)20(24)14-28-21(25)11-7-16-6-10-18(26-2)12-19(16)27-3/h4-12H,13-14H2,1-3H3/b11-7+. The highest BCUT2D eigenvalue weighted by molar-refractivity contribution is 6.30. The summed E-state index contributed by atoms with van der Waals surface area (Å²) < 4.78 is 15.4. The third kappa shape index (κ3) is 6.32. The van der Waals surface area contributed by atoms with E-state index < -0.39 is 5.97 Å². The van der Waals surface area contributed by atoms with Crippen LogP contribution in [0, 0.1) is 0 Å². The minimum Gasteiger partial charge on any atom is -0.497 e. The van der Waals surface area contributed by atoms with Crippen LogP contribution in [0.5, 0.6) is 11.5 Å². The number of carbonyl (C=O) groups is 2. The summed E-state index contributed by atoms with van der Waals surface area (Å²) in [5.41, 5.74) is 1.62. The minimum atomic E-state index is -0.619. The number of amides is 1. The van der Waals surface area contributed by atoms with Gasteiger partial charge in [0.05, 0.1) is 14.2 Å². The Kier molecular flexibility index (Phi) is 7.89. The molecule has 0 bridgehead atoms. The zero-order chi connectivity index (χ0) is 20.5. The minimum absolute atomic E-state index is 0.307. The van der Waals surface area contributed by atoms with Crippen molar-refractivity contribution in [2.24, 2.45) is 0 Å². The monoisotopic (exact) mass is 403 g/mol. The third-order valence-corrected chi connectivity index (χ3v) is 4.19. The van der Waals surface area contributed by atoms with Gasteiger partial charge in [-0.15, -0.1) is 0 Å². The van der Waals surface area contributed by atoms with Crippen LogP contribution in [0.1, 0.15) is 11.1 Å². The fourth-order valence-corrected chi connectivity index (χ4v) is 2.48. The molecule has 0 spiro atoms. The quantitative estimate of drug-likeness (QED) is 0.498. The summed E-state index contributed by atoms with van der Waals surface area (Å²) in [6.07, 6.45) is 2.80. The molecule has 6 nitrogen and oxygen atoms in total. The highest BCUT2D eigenvalue weighted by atomic mass is 35.5. The maximum Gasteiger partial charge on any atom is 0.331 e. The molecule has 0 unspecified atom stereocenters. The topological polar surface area (TPSA) is 65.1 Å². The van der Waals surface area contributed by atoms with E-state index in [0.717, 1.165) is 5.56 Å². The number of benzene rings is 2. The lowest BCUT2D eigenvalue weighted by Crippen LogP contribution is -2.30. The summed E-state index contributed by atoms with van der Waals surface area (Å²) in [5.74, 6) is 0.276. The van der Waals surface area contributed by atoms with Gasteiger partial charge in [-0.05, 0) is 35.9 Å². The van der Waals surface area contributed by atoms with Crippen LogP contribution in [0.4, 0.5) is 0 Å². The smallest absolute Gasteiger partial charge is 0.331 e. The number of ether oxygens (including phenoxy) is 3. The van der Waals surface area contributed by atoms with Crippen molar-refractivity contribution in [3.8, 4) is 11.5 Å². The molecule has 0 fully saturated rings. The number of hydrogen-bond donors (Lipinski definition) is 0. The molecule has 0 N–H and O–H groups in total. The van der Waals surface area contributed by atoms with Crippen LogP contribution in [-0.2, 0) is 20.9 Å². The Bertz CT molecular complexity index is 848. The fraction of sp³-hybridized carbons (Fsp3) is 0.238. The number of esters is 1. The van der Waals surface area contributed by atoms with Gasteiger partial charge in [0, 0.05) is 36.3 Å². The largest absolute Gasteiger partial charge is 0.497 e. The van der Waals surface area contributed by atoms with Crippen molar-refractivity contribution in [2.45, 2.75) is 6.54 Å². The van der Waals surface area contributed by atoms with E-state index in [-0.39, 0.29) is 12.5 Å². The van der Waals surface area contributed by atoms with Gasteiger partial charge in [-0.3, -0.25) is 4.79 Å². The molecule has 0 heterocycles. The van der Waals surface area contributed by atoms with E-state index in [9.17, 15) is 9.59 Å². The first-order valence-electron chi connectivity index (χ1n) is 8.48. The Labute approximate surface area is 169 Å². The average Bonchev–Trinajstić information content (AvgIpc) is 2.71. The predicted molar refractivity (Wildman–Crippen MR) is 107 cm³/mol. The van der Waals surface area contributed by atoms with Crippen LogP contribution in [0.15, 0.2) is 48.5 Å². The van der Waals surface area contributed by atoms with Crippen molar-refractivity contribution in [3.05, 3.63) is 64.7 Å². The number of likely N-dealkylation sites (N-methyl/N-ethyl adjacent to an activating group) is 1. The fourth-order valence-electron chi connectivity index (χ4n) is 2.36. The molecule has 0 aliphatic carbocycles. The van der Waals surface area contributed by atoms with Crippen molar-refractivity contribution in [2.75, 3.05) is 27.9 Å². The molecule has 2 aromatic rings. The van der Waals surface area contributed by atoms with E-state index in [1.54, 1.807) is 50.6 Å². The lowest BCUT2D eigenvalue weighted by Gasteiger charge is -2.17. The molecule has 28 heavy (non-hydrogen) atoms. The molecular weight excluding hydrogens is 382 g/mol. The van der Waals surface area contributed by atoms with Crippen LogP contribution in [-0.4, -0.2) is 44.7 Å². The Morgan fingerprint density at radius 1 is 1.07 bits per heavy atom. The Morgan fingerprint density at radius 3 is 2.43 bits per heavy atom. The van der Waals surface area contributed by atoms with Gasteiger partial charge in [0.25, 0.3) is 5.91 Å². The second-order valence-corrected chi connectivity index (χ2v) is 6.36. The molecule has 1 amide bonds. The van der Waals surface area contributed by atoms with E-state index in [4.69, 9.17) is 25.8 Å². The summed E-state index contributed by atoms with van der Waals surface area (Å²) in [7, 11) is 4.73. The zero-order valence-corrected chi connectivity index (χ0v) is 16.7. The first kappa shape index (κ1) is 21.3. The molecule has 7 heteroatoms. The normalized spacial score (nSPS) is 10.6. The van der Waals surface area contributed by atoms with Crippen molar-refractivity contribution >= 4 is 29.6 Å². The maximum absolute atomic E-state index is 12.1. The molecule has 0 aliphatic heterocycles. The number of methoxy groups -OCH3 is 2. The van der Waals surface area contributed by atoms with Gasteiger partial charge < -0.3 is 19.1 Å². The highest BCUT2D eigenvalue weighted by Crippen LogP contribution is 2.25. The number of carbonyl (C=O) groups excluding carboxylic acids is 2. The zero-order valence-electron chi connectivity index (χ0n) is 16.0. The second kappa shape index (κ2) is 10.4. The predicted octanol–water partition coefficient (Wildman–Crippen LogP) is 3.57. The van der Waals surface area contributed by atoms with Crippen molar-refractivity contribution in [3.63, 3.8) is 0 Å². The van der Waals surface area contributed by atoms with Crippen molar-refractivity contribution < 1.29 is 23.8 Å². The number of rotatable bonds is 8. The molecule has 0 radical (unpaired) electrons. The number of nitrogens with zero attached hydrogens (tertiary/aromatic N) is 1. The molecule has 0 aromatic heterocycles. The van der Waals surface area contributed by atoms with E-state index in [1.807, 2.05) is 12.1 Å². The van der Waals surface area contributed by atoms with E-state index in [0.29, 0.717) is 28.6 Å². The van der Waals surface area contributed by atoms with Gasteiger partial charge in [0.15, 0.2) is 6.61 Å². The molecular formula is C21H22ClNO5. The first-order valence-corrected chi connectivity index (χ1v) is 8.86. The third-order valence-electron chi connectivity index (χ3n) is 3.94. The van der Waals surface area contributed by atoms with E-state index in [2.05, 4.69) is 0 Å². The molecule has 2 aromatic carbocycles. The second-order valence-electron chi connectivity index (χ2n) is 5.93. The lowest BCUT2D eigenvalue weighted by molar-refractivity contribution is -0.147. The Morgan fingerprint density at radius 2 is 1.79 bits per heavy atom. The van der Waals surface area contributed by atoms with Gasteiger partial charge >= 0.3 is 5.97 Å². The van der Waals surface area contributed by atoms with Gasteiger partial charge in [-0.1, -0.05) is 23.7 Å². The van der Waals surface area contributed by atoms with Crippen LogP contribution < -0.4 is 9.47 Å². The van der Waals surface area contributed by atoms with Crippen molar-refractivity contribution in [1.29, 1.82) is 0 Å². The first-order chi connectivity index (χ1) is 13.4. The molecule has 0 atom stereocenters. The van der Waals surface area contributed by atoms with Crippen molar-refractivity contribution in [1.82, 2.24) is 4.90 Å². The summed E-state index contributed by atoms with van der Waals surface area (Å²) in [5, 5.41) is 0.631. The van der Waals surface area contributed by atoms with Gasteiger partial charge in [0.2, 0.25) is 0 Å². The van der Waals surface area contributed by atoms with Crippen LogP contribution in [0.25, 0.3) is 6.08 Å². The van der Waals surface area contributed by atoms with Gasteiger partial charge in [-0.2, -0.15) is 0 Å². The van der Waals surface area contributed by atoms with Crippen LogP contribution in [0.2, 0.25) is 5.02 Å². The number of hydrogen-bond acceptors (Lipinski definition) is 5. The summed E-state index contributed by atoms with van der Waals surface area (Å²) in [4.78, 5) is 25.5. The maximum atomic E-state index is 12.1. The molecule has 0 saturated carbocycles. The number of halogens is 1. The Balaban J connectivity index is 1.86. The van der Waals surface area contributed by atoms with Crippen LogP contribution in [0.3, 0.4) is 0 Å². The van der Waals surface area contributed by atoms with Crippen LogP contribution >= 0.6 is 11.6 Å².